The number of carbonyl (C=O) groups excluding carboxylic acids is 2. The molecule has 2 amide bonds. The summed E-state index contributed by atoms with van der Waals surface area (Å²) < 4.78 is 21.0. The van der Waals surface area contributed by atoms with E-state index in [0.29, 0.717) is 56.4 Å². The van der Waals surface area contributed by atoms with Gasteiger partial charge in [0.1, 0.15) is 12.4 Å². The molecule has 220 valence electrons. The van der Waals surface area contributed by atoms with E-state index in [1.165, 1.54) is 23.1 Å². The highest BCUT2D eigenvalue weighted by Crippen LogP contribution is 2.23. The van der Waals surface area contributed by atoms with E-state index in [1.54, 1.807) is 29.2 Å². The van der Waals surface area contributed by atoms with Crippen LogP contribution < -0.4 is 0 Å². The van der Waals surface area contributed by atoms with Crippen molar-refractivity contribution in [3.63, 3.8) is 0 Å². The molecule has 0 saturated carbocycles. The van der Waals surface area contributed by atoms with Gasteiger partial charge in [-0.3, -0.25) is 9.59 Å². The van der Waals surface area contributed by atoms with Crippen molar-refractivity contribution in [1.82, 2.24) is 14.4 Å². The average molecular weight is 611 g/mol. The molecule has 1 heterocycles. The molecular weight excluding hydrogens is 576 g/mol. The van der Waals surface area contributed by atoms with Crippen LogP contribution in [0.4, 0.5) is 4.39 Å². The van der Waals surface area contributed by atoms with Crippen molar-refractivity contribution in [3.05, 3.63) is 129 Å². The minimum absolute atomic E-state index is 0.114. The zero-order valence-corrected chi connectivity index (χ0v) is 25.0. The van der Waals surface area contributed by atoms with Crippen LogP contribution >= 0.6 is 23.2 Å². The molecule has 0 aliphatic rings. The van der Waals surface area contributed by atoms with Gasteiger partial charge in [-0.15, -0.1) is 0 Å². The molecule has 0 unspecified atom stereocenters. The third kappa shape index (κ3) is 8.92. The molecule has 42 heavy (non-hydrogen) atoms. The Kier molecular flexibility index (Phi) is 11.6. The lowest BCUT2D eigenvalue weighted by atomic mass is 10.1. The van der Waals surface area contributed by atoms with Gasteiger partial charge in [-0.1, -0.05) is 65.7 Å². The lowest BCUT2D eigenvalue weighted by Gasteiger charge is -2.28. The molecule has 0 spiro atoms. The summed E-state index contributed by atoms with van der Waals surface area (Å²) in [5.74, 6) is -0.789. The molecule has 6 nitrogen and oxygen atoms in total. The zero-order chi connectivity index (χ0) is 29.9. The number of amides is 2. The van der Waals surface area contributed by atoms with Gasteiger partial charge in [0.05, 0.1) is 16.6 Å². The van der Waals surface area contributed by atoms with Crippen LogP contribution in [-0.2, 0) is 29.2 Å². The number of aromatic nitrogens is 1. The molecule has 0 N–H and O–H groups in total. The third-order valence-corrected chi connectivity index (χ3v) is 7.55. The summed E-state index contributed by atoms with van der Waals surface area (Å²) in [6.45, 7) is 4.42. The Morgan fingerprint density at radius 3 is 2.33 bits per heavy atom. The topological polar surface area (TPSA) is 54.8 Å². The van der Waals surface area contributed by atoms with E-state index in [4.69, 9.17) is 27.9 Å². The Morgan fingerprint density at radius 2 is 1.62 bits per heavy atom. The maximum absolute atomic E-state index is 13.9. The number of hydrogen-bond acceptors (Lipinski definition) is 3. The fourth-order valence-corrected chi connectivity index (χ4v) is 4.89. The van der Waals surface area contributed by atoms with Crippen LogP contribution in [-0.4, -0.2) is 52.5 Å². The lowest BCUT2D eigenvalue weighted by molar-refractivity contribution is -0.133. The average Bonchev–Trinajstić information content (AvgIpc) is 3.43. The number of carbonyl (C=O) groups is 2. The summed E-state index contributed by atoms with van der Waals surface area (Å²) in [6, 6.07) is 24.7. The van der Waals surface area contributed by atoms with E-state index in [0.717, 1.165) is 16.8 Å². The fraction of sp³-hybridized carbons (Fsp3) is 0.273. The molecule has 0 atom stereocenters. The number of rotatable bonds is 14. The zero-order valence-electron chi connectivity index (χ0n) is 23.5. The van der Waals surface area contributed by atoms with Crippen molar-refractivity contribution in [2.24, 2.45) is 0 Å². The highest BCUT2D eigenvalue weighted by Gasteiger charge is 2.24. The normalized spacial score (nSPS) is 11.0. The third-order valence-electron chi connectivity index (χ3n) is 6.81. The molecule has 1 aromatic heterocycles. The smallest absolute Gasteiger partial charge is 0.254 e. The van der Waals surface area contributed by atoms with Crippen molar-refractivity contribution < 1.29 is 18.7 Å². The second-order valence-electron chi connectivity index (χ2n) is 9.90. The maximum Gasteiger partial charge on any atom is 0.254 e. The Bertz CT molecular complexity index is 1460. The number of hydrogen-bond donors (Lipinski definition) is 0. The molecule has 0 aliphatic heterocycles. The second kappa shape index (κ2) is 15.5. The van der Waals surface area contributed by atoms with Gasteiger partial charge in [-0.2, -0.15) is 0 Å². The Balaban J connectivity index is 1.56. The fourth-order valence-electron chi connectivity index (χ4n) is 4.59. The standard InChI is InChI=1S/C33H34Cl2FN3O3/c1-2-42-19-7-18-38(33(41)27-13-16-30(34)31(35)20-27)24-32(40)39(22-25-8-4-3-5-9-25)23-29-10-6-17-37(29)21-26-11-14-28(36)15-12-26/h3-6,8-17,20H,2,7,18-19,21-24H2,1H3. The first-order valence-corrected chi connectivity index (χ1v) is 14.6. The Hall–Kier alpha value is -3.65. The van der Waals surface area contributed by atoms with Gasteiger partial charge in [0.25, 0.3) is 5.91 Å². The van der Waals surface area contributed by atoms with E-state index >= 15 is 0 Å². The summed E-state index contributed by atoms with van der Waals surface area (Å²) in [7, 11) is 0. The summed E-state index contributed by atoms with van der Waals surface area (Å²) in [6.07, 6.45) is 2.52. The molecule has 0 saturated heterocycles. The van der Waals surface area contributed by atoms with Gasteiger partial charge in [0, 0.05) is 50.3 Å². The van der Waals surface area contributed by atoms with E-state index < -0.39 is 0 Å². The van der Waals surface area contributed by atoms with Gasteiger partial charge in [-0.25, -0.2) is 4.39 Å². The van der Waals surface area contributed by atoms with Gasteiger partial charge in [-0.05, 0) is 66.9 Å². The van der Waals surface area contributed by atoms with Crippen LogP contribution in [0.5, 0.6) is 0 Å². The van der Waals surface area contributed by atoms with Crippen molar-refractivity contribution in [1.29, 1.82) is 0 Å². The molecule has 3 aromatic carbocycles. The number of halogens is 3. The van der Waals surface area contributed by atoms with Crippen molar-refractivity contribution in [2.45, 2.75) is 33.0 Å². The first-order chi connectivity index (χ1) is 20.3. The number of nitrogens with zero attached hydrogens (tertiary/aromatic N) is 3. The molecule has 0 aliphatic carbocycles. The number of benzene rings is 3. The molecule has 9 heteroatoms. The molecule has 0 radical (unpaired) electrons. The van der Waals surface area contributed by atoms with Crippen LogP contribution in [0.2, 0.25) is 10.0 Å². The summed E-state index contributed by atoms with van der Waals surface area (Å²) in [5.41, 5.74) is 3.20. The van der Waals surface area contributed by atoms with Gasteiger partial charge >= 0.3 is 0 Å². The highest BCUT2D eigenvalue weighted by molar-refractivity contribution is 6.42. The van der Waals surface area contributed by atoms with Crippen molar-refractivity contribution in [2.75, 3.05) is 26.3 Å². The maximum atomic E-state index is 13.9. The molecule has 4 rings (SSSR count). The predicted molar refractivity (Wildman–Crippen MR) is 164 cm³/mol. The van der Waals surface area contributed by atoms with Crippen LogP contribution in [0.25, 0.3) is 0 Å². The minimum atomic E-state index is -0.308. The molecule has 4 aromatic rings. The SMILES string of the molecule is CCOCCCN(CC(=O)N(Cc1ccccc1)Cc1cccn1Cc1ccc(F)cc1)C(=O)c1ccc(Cl)c(Cl)c1. The lowest BCUT2D eigenvalue weighted by Crippen LogP contribution is -2.43. The van der Waals surface area contributed by atoms with Crippen molar-refractivity contribution >= 4 is 35.0 Å². The Morgan fingerprint density at radius 1 is 0.857 bits per heavy atom. The van der Waals surface area contributed by atoms with Gasteiger partial charge in [0.15, 0.2) is 0 Å². The molecule has 0 bridgehead atoms. The van der Waals surface area contributed by atoms with Crippen LogP contribution in [0.15, 0.2) is 91.1 Å². The first kappa shape index (κ1) is 31.3. The van der Waals surface area contributed by atoms with Gasteiger partial charge in [0.2, 0.25) is 5.91 Å². The molecular formula is C33H34Cl2FN3O3. The second-order valence-corrected chi connectivity index (χ2v) is 10.7. The largest absolute Gasteiger partial charge is 0.382 e. The van der Waals surface area contributed by atoms with E-state index in [1.807, 2.05) is 60.2 Å². The van der Waals surface area contributed by atoms with E-state index in [9.17, 15) is 14.0 Å². The van der Waals surface area contributed by atoms with Crippen LogP contribution in [0, 0.1) is 5.82 Å². The highest BCUT2D eigenvalue weighted by atomic mass is 35.5. The van der Waals surface area contributed by atoms with Crippen LogP contribution in [0.1, 0.15) is 40.5 Å². The predicted octanol–water partition coefficient (Wildman–Crippen LogP) is 7.08. The monoisotopic (exact) mass is 609 g/mol. The minimum Gasteiger partial charge on any atom is -0.382 e. The van der Waals surface area contributed by atoms with E-state index in [2.05, 4.69) is 0 Å². The van der Waals surface area contributed by atoms with Gasteiger partial charge < -0.3 is 19.1 Å². The van der Waals surface area contributed by atoms with Crippen molar-refractivity contribution in [3.8, 4) is 0 Å². The first-order valence-electron chi connectivity index (χ1n) is 13.9. The quantitative estimate of drug-likeness (QED) is 0.144. The summed E-state index contributed by atoms with van der Waals surface area (Å²) in [5, 5.41) is 0.626. The van der Waals surface area contributed by atoms with E-state index in [-0.39, 0.29) is 29.2 Å². The summed E-state index contributed by atoms with van der Waals surface area (Å²) >= 11 is 12.3. The summed E-state index contributed by atoms with van der Waals surface area (Å²) in [4.78, 5) is 30.8. The molecule has 0 fully saturated rings. The van der Waals surface area contributed by atoms with Crippen LogP contribution in [0.3, 0.4) is 0 Å². The Labute approximate surface area is 256 Å². The number of ether oxygens (including phenoxy) is 1.